The van der Waals surface area contributed by atoms with Crippen molar-refractivity contribution in [1.82, 2.24) is 15.3 Å². The molecule has 2 heterocycles. The lowest BCUT2D eigenvalue weighted by Gasteiger charge is -2.26. The number of allylic oxidation sites excluding steroid dienone is 1. The zero-order valence-corrected chi connectivity index (χ0v) is 33.3. The smallest absolute Gasteiger partial charge is 0.160 e. The summed E-state index contributed by atoms with van der Waals surface area (Å²) in [5, 5.41) is 13.4. The molecule has 288 valence electrons. The summed E-state index contributed by atoms with van der Waals surface area (Å²) in [6, 6.07) is 77.2. The second-order valence-corrected chi connectivity index (χ2v) is 15.1. The molecule has 1 aliphatic heterocycles. The van der Waals surface area contributed by atoms with Crippen LogP contribution in [0.25, 0.3) is 79.2 Å². The standard InChI is InChI=1S/C57H40N4/c58-55(44-25-14-5-15-26-44)54(43-23-12-4-13-24-43)56-50-34-33-48(36-49(50)37-51(59-56)40-17-6-1-7-18-40)47-28-16-27-46(35-47)39-29-31-45(32-30-39)57-60-52(41-19-8-2-9-20-41)38-53(61-57)42-21-10-3-11-22-42/h1-38,58-59H/b56-54-,58-55?. The van der Waals surface area contributed by atoms with Crippen LogP contribution in [0, 0.1) is 5.41 Å². The molecule has 0 saturated heterocycles. The van der Waals surface area contributed by atoms with Crippen LogP contribution in [-0.2, 0) is 0 Å². The molecule has 0 bridgehead atoms. The van der Waals surface area contributed by atoms with Crippen molar-refractivity contribution < 1.29 is 0 Å². The van der Waals surface area contributed by atoms with Gasteiger partial charge in [-0.05, 0) is 63.2 Å². The summed E-state index contributed by atoms with van der Waals surface area (Å²) in [5.74, 6) is 0.690. The fraction of sp³-hybridized carbons (Fsp3) is 0. The first-order valence-corrected chi connectivity index (χ1v) is 20.5. The summed E-state index contributed by atoms with van der Waals surface area (Å²) < 4.78 is 0. The molecule has 61 heavy (non-hydrogen) atoms. The molecule has 1 aliphatic rings. The Labute approximate surface area is 356 Å². The Hall–Kier alpha value is -8.21. The first-order chi connectivity index (χ1) is 30.1. The second kappa shape index (κ2) is 16.6. The van der Waals surface area contributed by atoms with Gasteiger partial charge in [0.2, 0.25) is 0 Å². The normalized spacial score (nSPS) is 12.8. The molecule has 4 heteroatoms. The van der Waals surface area contributed by atoms with Crippen molar-refractivity contribution >= 4 is 28.8 Å². The van der Waals surface area contributed by atoms with Crippen molar-refractivity contribution in [2.24, 2.45) is 0 Å². The molecule has 10 rings (SSSR count). The lowest BCUT2D eigenvalue weighted by molar-refractivity contribution is 1.18. The van der Waals surface area contributed by atoms with Crippen molar-refractivity contribution in [3.05, 3.63) is 252 Å². The van der Waals surface area contributed by atoms with Crippen LogP contribution in [0.2, 0.25) is 0 Å². The third kappa shape index (κ3) is 7.74. The van der Waals surface area contributed by atoms with E-state index in [2.05, 4.69) is 145 Å². The predicted octanol–water partition coefficient (Wildman–Crippen LogP) is 13.8. The van der Waals surface area contributed by atoms with Gasteiger partial charge in [-0.2, -0.15) is 0 Å². The molecule has 0 radical (unpaired) electrons. The van der Waals surface area contributed by atoms with Gasteiger partial charge in [-0.25, -0.2) is 9.97 Å². The Balaban J connectivity index is 1.03. The predicted molar refractivity (Wildman–Crippen MR) is 253 cm³/mol. The van der Waals surface area contributed by atoms with Crippen LogP contribution >= 0.6 is 0 Å². The number of nitrogens with one attached hydrogen (secondary N) is 2. The lowest BCUT2D eigenvalue weighted by atomic mass is 9.86. The number of nitrogens with zero attached hydrogens (tertiary/aromatic N) is 2. The molecule has 0 saturated carbocycles. The van der Waals surface area contributed by atoms with E-state index in [0.29, 0.717) is 11.5 Å². The number of hydrogen-bond acceptors (Lipinski definition) is 4. The van der Waals surface area contributed by atoms with Gasteiger partial charge in [0, 0.05) is 39.1 Å². The minimum absolute atomic E-state index is 0.462. The molecule has 0 unspecified atom stereocenters. The number of rotatable bonds is 9. The van der Waals surface area contributed by atoms with E-state index in [1.165, 1.54) is 0 Å². The molecule has 0 fully saturated rings. The van der Waals surface area contributed by atoms with Crippen LogP contribution in [0.15, 0.2) is 224 Å². The fourth-order valence-electron chi connectivity index (χ4n) is 8.00. The minimum atomic E-state index is 0.462. The van der Waals surface area contributed by atoms with Crippen molar-refractivity contribution in [3.8, 4) is 56.2 Å². The second-order valence-electron chi connectivity index (χ2n) is 15.1. The first kappa shape index (κ1) is 37.1. The Morgan fingerprint density at radius 2 is 0.836 bits per heavy atom. The van der Waals surface area contributed by atoms with Gasteiger partial charge in [0.1, 0.15) is 0 Å². The van der Waals surface area contributed by atoms with Gasteiger partial charge in [0.15, 0.2) is 5.82 Å². The molecular weight excluding hydrogens is 741 g/mol. The zero-order valence-electron chi connectivity index (χ0n) is 33.3. The summed E-state index contributed by atoms with van der Waals surface area (Å²) in [6.45, 7) is 0. The molecule has 0 amide bonds. The summed E-state index contributed by atoms with van der Waals surface area (Å²) in [7, 11) is 0. The van der Waals surface area contributed by atoms with E-state index < -0.39 is 0 Å². The van der Waals surface area contributed by atoms with E-state index in [1.54, 1.807) is 0 Å². The number of aromatic nitrogens is 2. The maximum absolute atomic E-state index is 9.58. The monoisotopic (exact) mass is 780 g/mol. The van der Waals surface area contributed by atoms with Crippen molar-refractivity contribution in [2.75, 3.05) is 0 Å². The van der Waals surface area contributed by atoms with E-state index in [-0.39, 0.29) is 0 Å². The lowest BCUT2D eigenvalue weighted by Crippen LogP contribution is -2.20. The Morgan fingerprint density at radius 3 is 1.43 bits per heavy atom. The molecule has 4 nitrogen and oxygen atoms in total. The molecule has 8 aromatic carbocycles. The largest absolute Gasteiger partial charge is 0.354 e. The third-order valence-electron chi connectivity index (χ3n) is 11.1. The van der Waals surface area contributed by atoms with Gasteiger partial charge >= 0.3 is 0 Å². The average Bonchev–Trinajstić information content (AvgIpc) is 3.35. The Bertz CT molecular complexity index is 3010. The summed E-state index contributed by atoms with van der Waals surface area (Å²) in [5.41, 5.74) is 17.6. The molecule has 0 spiro atoms. The quantitative estimate of drug-likeness (QED) is 0.143. The third-order valence-corrected chi connectivity index (χ3v) is 11.1. The maximum atomic E-state index is 9.58. The van der Waals surface area contributed by atoms with Crippen LogP contribution < -0.4 is 5.32 Å². The van der Waals surface area contributed by atoms with E-state index in [0.717, 1.165) is 95.1 Å². The Morgan fingerprint density at radius 1 is 0.377 bits per heavy atom. The summed E-state index contributed by atoms with van der Waals surface area (Å²) in [4.78, 5) is 10.1. The highest BCUT2D eigenvalue weighted by molar-refractivity contribution is 6.36. The van der Waals surface area contributed by atoms with Crippen LogP contribution in [0.5, 0.6) is 0 Å². The highest BCUT2D eigenvalue weighted by Gasteiger charge is 2.24. The van der Waals surface area contributed by atoms with E-state index >= 15 is 0 Å². The van der Waals surface area contributed by atoms with Crippen molar-refractivity contribution in [1.29, 1.82) is 5.41 Å². The summed E-state index contributed by atoms with van der Waals surface area (Å²) in [6.07, 6.45) is 2.23. The number of hydrogen-bond donors (Lipinski definition) is 2. The average molecular weight is 781 g/mol. The molecule has 2 N–H and O–H groups in total. The highest BCUT2D eigenvalue weighted by Crippen LogP contribution is 2.39. The van der Waals surface area contributed by atoms with Crippen LogP contribution in [0.3, 0.4) is 0 Å². The zero-order chi connectivity index (χ0) is 41.0. The maximum Gasteiger partial charge on any atom is 0.160 e. The molecule has 9 aromatic rings. The molecule has 0 atom stereocenters. The van der Waals surface area contributed by atoms with E-state index in [9.17, 15) is 5.41 Å². The first-order valence-electron chi connectivity index (χ1n) is 20.5. The van der Waals surface area contributed by atoms with Gasteiger partial charge in [0.05, 0.1) is 22.8 Å². The molecule has 0 aliphatic carbocycles. The number of fused-ring (bicyclic) bond motifs is 1. The van der Waals surface area contributed by atoms with Crippen molar-refractivity contribution in [2.45, 2.75) is 0 Å². The van der Waals surface area contributed by atoms with Crippen LogP contribution in [-0.4, -0.2) is 15.7 Å². The van der Waals surface area contributed by atoms with Gasteiger partial charge in [0.25, 0.3) is 0 Å². The fourth-order valence-corrected chi connectivity index (χ4v) is 8.00. The van der Waals surface area contributed by atoms with Gasteiger partial charge in [-0.15, -0.1) is 0 Å². The highest BCUT2D eigenvalue weighted by atomic mass is 14.9. The molecular formula is C57H40N4. The summed E-state index contributed by atoms with van der Waals surface area (Å²) >= 11 is 0. The number of benzene rings is 8. The van der Waals surface area contributed by atoms with Crippen molar-refractivity contribution in [3.63, 3.8) is 0 Å². The topological polar surface area (TPSA) is 61.7 Å². The van der Waals surface area contributed by atoms with Crippen LogP contribution in [0.4, 0.5) is 0 Å². The SMILES string of the molecule is N=C(/C(=C1\NC(c2ccccc2)=Cc2cc(-c3cccc(-c4ccc(-c5nc(-c6ccccc6)cc(-c6ccccc6)n5)cc4)c3)ccc21)c1ccccc1)c1ccccc1. The van der Waals surface area contributed by atoms with Crippen LogP contribution in [0.1, 0.15) is 27.8 Å². The van der Waals surface area contributed by atoms with E-state index in [4.69, 9.17) is 9.97 Å². The van der Waals surface area contributed by atoms with E-state index in [1.807, 2.05) is 91.0 Å². The van der Waals surface area contributed by atoms with Gasteiger partial charge < -0.3 is 5.32 Å². The molecule has 1 aromatic heterocycles. The van der Waals surface area contributed by atoms with Gasteiger partial charge in [-0.1, -0.05) is 206 Å². The Kier molecular flexibility index (Phi) is 10.1. The van der Waals surface area contributed by atoms with Gasteiger partial charge in [-0.3, -0.25) is 5.41 Å². The minimum Gasteiger partial charge on any atom is -0.354 e.